The van der Waals surface area contributed by atoms with Crippen LogP contribution in [0.25, 0.3) is 0 Å². The molecule has 0 saturated heterocycles. The lowest BCUT2D eigenvalue weighted by molar-refractivity contribution is 0.0954. The highest BCUT2D eigenvalue weighted by Crippen LogP contribution is 2.15. The van der Waals surface area contributed by atoms with Gasteiger partial charge in [-0.05, 0) is 45.8 Å². The average molecular weight is 359 g/mol. The molecular formula is C17H15BrN2O2. The summed E-state index contributed by atoms with van der Waals surface area (Å²) in [5.74, 6) is 0.448. The van der Waals surface area contributed by atoms with Gasteiger partial charge in [0, 0.05) is 4.47 Å². The minimum Gasteiger partial charge on any atom is -0.490 e. The maximum atomic E-state index is 12.0. The van der Waals surface area contributed by atoms with Gasteiger partial charge in [0.15, 0.2) is 0 Å². The van der Waals surface area contributed by atoms with Crippen molar-refractivity contribution in [2.45, 2.75) is 0 Å². The maximum Gasteiger partial charge on any atom is 0.272 e. The van der Waals surface area contributed by atoms with Gasteiger partial charge in [-0.3, -0.25) is 4.79 Å². The molecule has 2 aromatic carbocycles. The van der Waals surface area contributed by atoms with Crippen molar-refractivity contribution in [2.75, 3.05) is 6.61 Å². The normalized spacial score (nSPS) is 10.4. The first-order valence-electron chi connectivity index (χ1n) is 6.62. The zero-order valence-corrected chi connectivity index (χ0v) is 13.4. The standard InChI is InChI=1S/C17H15BrN2O2/c1-2-10-22-14-7-5-6-13(11-14)12-19-20-17(21)15-8-3-4-9-16(15)18/h2-9,11-12H,1,10H2,(H,20,21)/b19-12-. The van der Waals surface area contributed by atoms with E-state index in [1.807, 2.05) is 30.3 Å². The SMILES string of the molecule is C=CCOc1cccc(/C=N\NC(=O)c2ccccc2Br)c1. The van der Waals surface area contributed by atoms with E-state index in [4.69, 9.17) is 4.74 Å². The lowest BCUT2D eigenvalue weighted by Gasteiger charge is -2.04. The number of carbonyl (C=O) groups excluding carboxylic acids is 1. The summed E-state index contributed by atoms with van der Waals surface area (Å²) >= 11 is 3.33. The Morgan fingerprint density at radius 3 is 2.86 bits per heavy atom. The number of nitrogens with one attached hydrogen (secondary N) is 1. The number of amides is 1. The molecule has 0 radical (unpaired) electrons. The molecule has 112 valence electrons. The molecule has 0 aliphatic rings. The second-order valence-electron chi connectivity index (χ2n) is 4.35. The Bertz CT molecular complexity index is 699. The molecule has 2 rings (SSSR count). The highest BCUT2D eigenvalue weighted by Gasteiger charge is 2.07. The van der Waals surface area contributed by atoms with Crippen LogP contribution in [0.1, 0.15) is 15.9 Å². The second-order valence-corrected chi connectivity index (χ2v) is 5.21. The van der Waals surface area contributed by atoms with Gasteiger partial charge in [0.05, 0.1) is 11.8 Å². The minimum absolute atomic E-state index is 0.275. The van der Waals surface area contributed by atoms with Crippen LogP contribution in [-0.4, -0.2) is 18.7 Å². The number of nitrogens with zero attached hydrogens (tertiary/aromatic N) is 1. The number of halogens is 1. The minimum atomic E-state index is -0.275. The Kier molecular flexibility index (Phi) is 5.91. The van der Waals surface area contributed by atoms with Crippen LogP contribution < -0.4 is 10.2 Å². The Morgan fingerprint density at radius 2 is 2.09 bits per heavy atom. The van der Waals surface area contributed by atoms with Gasteiger partial charge in [0.25, 0.3) is 5.91 Å². The van der Waals surface area contributed by atoms with Crippen LogP contribution in [0.2, 0.25) is 0 Å². The fourth-order valence-electron chi connectivity index (χ4n) is 1.71. The summed E-state index contributed by atoms with van der Waals surface area (Å²) in [6.07, 6.45) is 3.24. The van der Waals surface area contributed by atoms with Gasteiger partial charge in [-0.25, -0.2) is 5.43 Å². The number of carbonyl (C=O) groups is 1. The molecule has 1 amide bonds. The third-order valence-electron chi connectivity index (χ3n) is 2.72. The molecule has 0 aliphatic carbocycles. The summed E-state index contributed by atoms with van der Waals surface area (Å²) in [7, 11) is 0. The maximum absolute atomic E-state index is 12.0. The van der Waals surface area contributed by atoms with Crippen LogP contribution in [0.3, 0.4) is 0 Å². The van der Waals surface area contributed by atoms with Crippen molar-refractivity contribution < 1.29 is 9.53 Å². The number of rotatable bonds is 6. The predicted molar refractivity (Wildman–Crippen MR) is 91.3 cm³/mol. The number of hydrogen-bond donors (Lipinski definition) is 1. The first-order valence-corrected chi connectivity index (χ1v) is 7.41. The third kappa shape index (κ3) is 4.56. The van der Waals surface area contributed by atoms with Gasteiger partial charge >= 0.3 is 0 Å². The van der Waals surface area contributed by atoms with Gasteiger partial charge < -0.3 is 4.74 Å². The molecule has 0 fully saturated rings. The van der Waals surface area contributed by atoms with Gasteiger partial charge in [0.2, 0.25) is 0 Å². The number of hydrazone groups is 1. The first kappa shape index (κ1) is 16.0. The van der Waals surface area contributed by atoms with E-state index in [0.717, 1.165) is 15.8 Å². The van der Waals surface area contributed by atoms with Crippen LogP contribution in [0.4, 0.5) is 0 Å². The highest BCUT2D eigenvalue weighted by molar-refractivity contribution is 9.10. The van der Waals surface area contributed by atoms with E-state index < -0.39 is 0 Å². The molecule has 0 atom stereocenters. The number of hydrogen-bond acceptors (Lipinski definition) is 3. The van der Waals surface area contributed by atoms with Gasteiger partial charge in [-0.2, -0.15) is 5.10 Å². The Hall–Kier alpha value is -2.40. The summed E-state index contributed by atoms with van der Waals surface area (Å²) in [4.78, 5) is 12.0. The third-order valence-corrected chi connectivity index (χ3v) is 3.42. The molecule has 5 heteroatoms. The van der Waals surface area contributed by atoms with Crippen LogP contribution in [0.15, 0.2) is 70.8 Å². The largest absolute Gasteiger partial charge is 0.490 e. The van der Waals surface area contributed by atoms with E-state index in [1.165, 1.54) is 0 Å². The Labute approximate surface area is 137 Å². The van der Waals surface area contributed by atoms with Gasteiger partial charge in [-0.1, -0.05) is 36.9 Å². The lowest BCUT2D eigenvalue weighted by atomic mass is 10.2. The van der Waals surface area contributed by atoms with Crippen molar-refractivity contribution in [1.29, 1.82) is 0 Å². The van der Waals surface area contributed by atoms with Crippen LogP contribution in [-0.2, 0) is 0 Å². The molecule has 0 heterocycles. The van der Waals surface area contributed by atoms with E-state index in [-0.39, 0.29) is 5.91 Å². The van der Waals surface area contributed by atoms with E-state index in [9.17, 15) is 4.79 Å². The predicted octanol–water partition coefficient (Wildman–Crippen LogP) is 3.78. The summed E-state index contributed by atoms with van der Waals surface area (Å²) in [5, 5.41) is 3.96. The molecular weight excluding hydrogens is 344 g/mol. The molecule has 22 heavy (non-hydrogen) atoms. The van der Waals surface area contributed by atoms with Gasteiger partial charge in [0.1, 0.15) is 12.4 Å². The van der Waals surface area contributed by atoms with Gasteiger partial charge in [-0.15, -0.1) is 0 Å². The zero-order valence-electron chi connectivity index (χ0n) is 11.8. The van der Waals surface area contributed by atoms with Crippen molar-refractivity contribution in [3.05, 3.63) is 76.8 Å². The molecule has 1 N–H and O–H groups in total. The van der Waals surface area contributed by atoms with Crippen molar-refractivity contribution in [1.82, 2.24) is 5.43 Å². The summed E-state index contributed by atoms with van der Waals surface area (Å²) in [6.45, 7) is 4.04. The Morgan fingerprint density at radius 1 is 1.27 bits per heavy atom. The monoisotopic (exact) mass is 358 g/mol. The highest BCUT2D eigenvalue weighted by atomic mass is 79.9. The first-order chi connectivity index (χ1) is 10.7. The topological polar surface area (TPSA) is 50.7 Å². The molecule has 0 spiro atoms. The van der Waals surface area contributed by atoms with Crippen molar-refractivity contribution in [2.24, 2.45) is 5.10 Å². The van der Waals surface area contributed by atoms with Crippen molar-refractivity contribution >= 4 is 28.1 Å². The second kappa shape index (κ2) is 8.14. The summed E-state index contributed by atoms with van der Waals surface area (Å²) in [5.41, 5.74) is 3.85. The summed E-state index contributed by atoms with van der Waals surface area (Å²) < 4.78 is 6.16. The average Bonchev–Trinajstić information content (AvgIpc) is 2.53. The fraction of sp³-hybridized carbons (Fsp3) is 0.0588. The lowest BCUT2D eigenvalue weighted by Crippen LogP contribution is -2.18. The fourth-order valence-corrected chi connectivity index (χ4v) is 2.18. The van der Waals surface area contributed by atoms with Crippen molar-refractivity contribution in [3.63, 3.8) is 0 Å². The molecule has 0 aliphatic heterocycles. The van der Waals surface area contributed by atoms with Crippen LogP contribution in [0.5, 0.6) is 5.75 Å². The van der Waals surface area contributed by atoms with E-state index >= 15 is 0 Å². The molecule has 0 saturated carbocycles. The number of benzene rings is 2. The smallest absolute Gasteiger partial charge is 0.272 e. The van der Waals surface area contributed by atoms with Crippen LogP contribution in [0, 0.1) is 0 Å². The van der Waals surface area contributed by atoms with Crippen LogP contribution >= 0.6 is 15.9 Å². The quantitative estimate of drug-likeness (QED) is 0.485. The molecule has 0 unspecified atom stereocenters. The van der Waals surface area contributed by atoms with E-state index in [2.05, 4.69) is 33.0 Å². The van der Waals surface area contributed by atoms with E-state index in [1.54, 1.807) is 30.5 Å². The Balaban J connectivity index is 1.99. The van der Waals surface area contributed by atoms with E-state index in [0.29, 0.717) is 12.2 Å². The molecule has 4 nitrogen and oxygen atoms in total. The summed E-state index contributed by atoms with van der Waals surface area (Å²) in [6, 6.07) is 14.6. The zero-order chi connectivity index (χ0) is 15.8. The molecule has 2 aromatic rings. The number of ether oxygens (including phenoxy) is 1. The molecule has 0 aromatic heterocycles. The molecule has 0 bridgehead atoms. The van der Waals surface area contributed by atoms with Crippen molar-refractivity contribution in [3.8, 4) is 5.75 Å².